The first kappa shape index (κ1) is 23.9. The van der Waals surface area contributed by atoms with Crippen molar-refractivity contribution in [3.8, 4) is 0 Å². The number of sulfonamides is 1. The number of nitrogens with one attached hydrogen (secondary N) is 1. The Kier molecular flexibility index (Phi) is 7.32. The van der Waals surface area contributed by atoms with E-state index in [0.29, 0.717) is 17.7 Å². The fourth-order valence-corrected chi connectivity index (χ4v) is 4.30. The third-order valence-corrected chi connectivity index (χ3v) is 7.18. The standard InChI is InChI=1S/C19H22F2N2O5S2/c1-13(14-4-6-15(7-5-14)29(3,25)26)23(2)19(24)10-11-22-30(27,28)16-8-9-17(20)18(21)12-16/h4-9,12-13,22H,10-11H2,1-3H3. The SMILES string of the molecule is CC(c1ccc(S(C)(=O)=O)cc1)N(C)C(=O)CCNS(=O)(=O)c1ccc(F)c(F)c1. The van der Waals surface area contributed by atoms with Gasteiger partial charge in [0, 0.05) is 26.3 Å². The Morgan fingerprint density at radius 3 is 2.10 bits per heavy atom. The van der Waals surface area contributed by atoms with Gasteiger partial charge in [0.25, 0.3) is 0 Å². The van der Waals surface area contributed by atoms with E-state index in [4.69, 9.17) is 0 Å². The number of nitrogens with zero attached hydrogens (tertiary/aromatic N) is 1. The minimum atomic E-state index is -4.10. The first-order valence-corrected chi connectivity index (χ1v) is 12.2. The molecule has 2 aromatic rings. The second-order valence-electron chi connectivity index (χ2n) is 6.75. The maximum Gasteiger partial charge on any atom is 0.240 e. The molecule has 0 aliphatic carbocycles. The quantitative estimate of drug-likeness (QED) is 0.651. The van der Waals surface area contributed by atoms with Crippen molar-refractivity contribution in [2.45, 2.75) is 29.2 Å². The molecule has 7 nitrogen and oxygen atoms in total. The number of hydrogen-bond acceptors (Lipinski definition) is 5. The molecule has 1 unspecified atom stereocenters. The molecule has 0 bridgehead atoms. The number of carbonyl (C=O) groups is 1. The van der Waals surface area contributed by atoms with Crippen molar-refractivity contribution in [1.29, 1.82) is 0 Å². The Morgan fingerprint density at radius 1 is 1.00 bits per heavy atom. The predicted octanol–water partition coefficient (Wildman–Crippen LogP) is 2.26. The molecule has 0 aromatic heterocycles. The van der Waals surface area contributed by atoms with E-state index in [1.165, 1.54) is 17.0 Å². The van der Waals surface area contributed by atoms with Crippen LogP contribution in [0.4, 0.5) is 8.78 Å². The van der Waals surface area contributed by atoms with Gasteiger partial charge in [-0.25, -0.2) is 30.3 Å². The fraction of sp³-hybridized carbons (Fsp3) is 0.316. The number of amides is 1. The molecule has 1 atom stereocenters. The van der Waals surface area contributed by atoms with Crippen molar-refractivity contribution in [2.24, 2.45) is 0 Å². The van der Waals surface area contributed by atoms with Crippen LogP contribution in [0.3, 0.4) is 0 Å². The molecule has 30 heavy (non-hydrogen) atoms. The minimum Gasteiger partial charge on any atom is -0.339 e. The summed E-state index contributed by atoms with van der Waals surface area (Å²) >= 11 is 0. The van der Waals surface area contributed by atoms with Crippen molar-refractivity contribution >= 4 is 25.8 Å². The van der Waals surface area contributed by atoms with Crippen LogP contribution in [0.15, 0.2) is 52.3 Å². The van der Waals surface area contributed by atoms with E-state index in [1.807, 2.05) is 0 Å². The van der Waals surface area contributed by atoms with Gasteiger partial charge >= 0.3 is 0 Å². The number of hydrogen-bond donors (Lipinski definition) is 1. The lowest BCUT2D eigenvalue weighted by Crippen LogP contribution is -2.33. The highest BCUT2D eigenvalue weighted by atomic mass is 32.2. The zero-order valence-corrected chi connectivity index (χ0v) is 18.2. The van der Waals surface area contributed by atoms with E-state index in [1.54, 1.807) is 26.1 Å². The minimum absolute atomic E-state index is 0.162. The first-order valence-electron chi connectivity index (χ1n) is 8.83. The van der Waals surface area contributed by atoms with Gasteiger partial charge in [0.15, 0.2) is 21.5 Å². The molecule has 0 fully saturated rings. The van der Waals surface area contributed by atoms with Crippen LogP contribution in [0.5, 0.6) is 0 Å². The summed E-state index contributed by atoms with van der Waals surface area (Å²) in [4.78, 5) is 13.5. The number of benzene rings is 2. The number of halogens is 2. The molecule has 0 aliphatic rings. The smallest absolute Gasteiger partial charge is 0.240 e. The molecular weight excluding hydrogens is 438 g/mol. The Labute approximate surface area is 174 Å². The van der Waals surface area contributed by atoms with Crippen LogP contribution in [-0.2, 0) is 24.7 Å². The second kappa shape index (κ2) is 9.19. The van der Waals surface area contributed by atoms with E-state index >= 15 is 0 Å². The lowest BCUT2D eigenvalue weighted by Gasteiger charge is -2.25. The molecule has 0 spiro atoms. The van der Waals surface area contributed by atoms with Crippen molar-refractivity contribution in [1.82, 2.24) is 9.62 Å². The zero-order chi connectivity index (χ0) is 22.7. The van der Waals surface area contributed by atoms with Gasteiger partial charge in [0.05, 0.1) is 15.8 Å². The molecule has 1 amide bonds. The Bertz CT molecular complexity index is 1130. The van der Waals surface area contributed by atoms with E-state index < -0.39 is 36.4 Å². The summed E-state index contributed by atoms with van der Waals surface area (Å²) in [6.45, 7) is 1.52. The Hall–Kier alpha value is -2.37. The molecule has 0 heterocycles. The fourth-order valence-electron chi connectivity index (χ4n) is 2.63. The van der Waals surface area contributed by atoms with Gasteiger partial charge in [-0.15, -0.1) is 0 Å². The predicted molar refractivity (Wildman–Crippen MR) is 107 cm³/mol. The van der Waals surface area contributed by atoms with Crippen LogP contribution in [0.1, 0.15) is 24.9 Å². The summed E-state index contributed by atoms with van der Waals surface area (Å²) in [5.41, 5.74) is 0.709. The van der Waals surface area contributed by atoms with Gasteiger partial charge in [-0.2, -0.15) is 0 Å². The van der Waals surface area contributed by atoms with Gasteiger partial charge in [0.2, 0.25) is 15.9 Å². The van der Waals surface area contributed by atoms with E-state index in [2.05, 4.69) is 4.72 Å². The summed E-state index contributed by atoms with van der Waals surface area (Å²) in [6.07, 6.45) is 0.938. The van der Waals surface area contributed by atoms with Crippen LogP contribution in [-0.4, -0.2) is 47.5 Å². The highest BCUT2D eigenvalue weighted by Crippen LogP contribution is 2.21. The average molecular weight is 461 g/mol. The number of sulfone groups is 1. The van der Waals surface area contributed by atoms with E-state index in [9.17, 15) is 30.4 Å². The van der Waals surface area contributed by atoms with Gasteiger partial charge in [-0.05, 0) is 42.8 Å². The largest absolute Gasteiger partial charge is 0.339 e. The monoisotopic (exact) mass is 460 g/mol. The average Bonchev–Trinajstić information content (AvgIpc) is 2.68. The number of carbonyl (C=O) groups excluding carboxylic acids is 1. The van der Waals surface area contributed by atoms with Crippen LogP contribution >= 0.6 is 0 Å². The van der Waals surface area contributed by atoms with E-state index in [0.717, 1.165) is 12.3 Å². The maximum absolute atomic E-state index is 13.2. The highest BCUT2D eigenvalue weighted by Gasteiger charge is 2.20. The van der Waals surface area contributed by atoms with Crippen LogP contribution < -0.4 is 4.72 Å². The van der Waals surface area contributed by atoms with Crippen molar-refractivity contribution in [3.05, 3.63) is 59.7 Å². The van der Waals surface area contributed by atoms with E-state index in [-0.39, 0.29) is 29.8 Å². The molecule has 11 heteroatoms. The molecule has 0 aliphatic heterocycles. The van der Waals surface area contributed by atoms with Crippen LogP contribution in [0.2, 0.25) is 0 Å². The molecule has 1 N–H and O–H groups in total. The lowest BCUT2D eigenvalue weighted by molar-refractivity contribution is -0.131. The molecule has 0 saturated heterocycles. The second-order valence-corrected chi connectivity index (χ2v) is 10.5. The lowest BCUT2D eigenvalue weighted by atomic mass is 10.1. The molecule has 0 radical (unpaired) electrons. The summed E-state index contributed by atoms with van der Waals surface area (Å²) < 4.78 is 75.7. The molecule has 2 aromatic carbocycles. The Balaban J connectivity index is 1.97. The summed E-state index contributed by atoms with van der Waals surface area (Å²) in [5, 5.41) is 0. The van der Waals surface area contributed by atoms with Crippen molar-refractivity contribution in [2.75, 3.05) is 19.8 Å². The molecule has 2 rings (SSSR count). The van der Waals surface area contributed by atoms with Gasteiger partial charge in [-0.3, -0.25) is 4.79 Å². The zero-order valence-electron chi connectivity index (χ0n) is 16.6. The third kappa shape index (κ3) is 5.83. The van der Waals surface area contributed by atoms with Crippen molar-refractivity contribution in [3.63, 3.8) is 0 Å². The normalized spacial score (nSPS) is 13.1. The summed E-state index contributed by atoms with van der Waals surface area (Å²) in [7, 11) is -5.88. The topological polar surface area (TPSA) is 101 Å². The first-order chi connectivity index (χ1) is 13.8. The molecule has 0 saturated carbocycles. The van der Waals surface area contributed by atoms with Gasteiger partial charge < -0.3 is 4.90 Å². The van der Waals surface area contributed by atoms with Gasteiger partial charge in [-0.1, -0.05) is 12.1 Å². The molecular formula is C19H22F2N2O5S2. The molecule has 164 valence electrons. The number of rotatable bonds is 8. The summed E-state index contributed by atoms with van der Waals surface area (Å²) in [5.74, 6) is -2.81. The third-order valence-electron chi connectivity index (χ3n) is 4.60. The van der Waals surface area contributed by atoms with Gasteiger partial charge in [0.1, 0.15) is 0 Å². The van der Waals surface area contributed by atoms with Crippen LogP contribution in [0, 0.1) is 11.6 Å². The highest BCUT2D eigenvalue weighted by molar-refractivity contribution is 7.90. The van der Waals surface area contributed by atoms with Crippen LogP contribution in [0.25, 0.3) is 0 Å². The van der Waals surface area contributed by atoms with Crippen molar-refractivity contribution < 1.29 is 30.4 Å². The maximum atomic E-state index is 13.2. The Morgan fingerprint density at radius 2 is 1.57 bits per heavy atom. The summed E-state index contributed by atoms with van der Waals surface area (Å²) in [6, 6.07) is 7.94.